The Morgan fingerprint density at radius 2 is 2.05 bits per heavy atom. The van der Waals surface area contributed by atoms with E-state index < -0.39 is 0 Å². The molecule has 116 valence electrons. The number of anilines is 1. The lowest BCUT2D eigenvalue weighted by Crippen LogP contribution is -2.39. The van der Waals surface area contributed by atoms with E-state index >= 15 is 0 Å². The van der Waals surface area contributed by atoms with Crippen molar-refractivity contribution in [3.8, 4) is 0 Å². The number of amides is 2. The Labute approximate surface area is 129 Å². The number of pyridine rings is 1. The van der Waals surface area contributed by atoms with E-state index in [-0.39, 0.29) is 29.6 Å². The number of aromatic nitrogens is 1. The zero-order valence-corrected chi connectivity index (χ0v) is 13.3. The molecule has 0 unspecified atom stereocenters. The van der Waals surface area contributed by atoms with E-state index in [1.54, 1.807) is 6.07 Å². The predicted octanol–water partition coefficient (Wildman–Crippen LogP) is 1.81. The van der Waals surface area contributed by atoms with Crippen molar-refractivity contribution in [2.75, 3.05) is 18.4 Å². The van der Waals surface area contributed by atoms with E-state index in [4.69, 9.17) is 11.6 Å². The van der Waals surface area contributed by atoms with Crippen LogP contribution in [-0.4, -0.2) is 35.9 Å². The second-order valence-corrected chi connectivity index (χ2v) is 5.28. The van der Waals surface area contributed by atoms with Gasteiger partial charge in [0.2, 0.25) is 5.91 Å². The molecular weight excluding hydrogens is 292 g/mol. The average molecular weight is 313 g/mol. The molecule has 1 aromatic heterocycles. The van der Waals surface area contributed by atoms with Gasteiger partial charge in [-0.25, -0.2) is 4.98 Å². The van der Waals surface area contributed by atoms with Gasteiger partial charge in [-0.2, -0.15) is 0 Å². The van der Waals surface area contributed by atoms with E-state index in [0.717, 1.165) is 13.0 Å². The minimum absolute atomic E-state index is 0.0367. The normalized spacial score (nSPS) is 10.3. The van der Waals surface area contributed by atoms with E-state index in [1.807, 2.05) is 20.8 Å². The fourth-order valence-corrected chi connectivity index (χ4v) is 1.82. The smallest absolute Gasteiger partial charge is 0.251 e. The Balaban J connectivity index is 2.65. The van der Waals surface area contributed by atoms with Gasteiger partial charge in [-0.05, 0) is 32.4 Å². The third kappa shape index (κ3) is 6.44. The summed E-state index contributed by atoms with van der Waals surface area (Å²) in [5.74, 6) is -0.0540. The maximum atomic E-state index is 12.0. The highest BCUT2D eigenvalue weighted by atomic mass is 35.5. The minimum atomic E-state index is -0.363. The molecule has 0 aliphatic heterocycles. The Bertz CT molecular complexity index is 506. The molecule has 6 nitrogen and oxygen atoms in total. The molecule has 1 heterocycles. The van der Waals surface area contributed by atoms with E-state index in [0.29, 0.717) is 11.4 Å². The average Bonchev–Trinajstić information content (AvgIpc) is 2.41. The summed E-state index contributed by atoms with van der Waals surface area (Å²) in [6.45, 7) is 6.40. The first-order valence-electron chi connectivity index (χ1n) is 6.91. The van der Waals surface area contributed by atoms with Crippen molar-refractivity contribution in [3.63, 3.8) is 0 Å². The van der Waals surface area contributed by atoms with Gasteiger partial charge in [-0.15, -0.1) is 0 Å². The van der Waals surface area contributed by atoms with E-state index in [1.165, 1.54) is 6.07 Å². The molecule has 7 heteroatoms. The maximum absolute atomic E-state index is 12.0. The van der Waals surface area contributed by atoms with Crippen LogP contribution in [0.3, 0.4) is 0 Å². The van der Waals surface area contributed by atoms with Crippen LogP contribution < -0.4 is 16.0 Å². The van der Waals surface area contributed by atoms with Crippen LogP contribution in [0, 0.1) is 0 Å². The summed E-state index contributed by atoms with van der Waals surface area (Å²) in [4.78, 5) is 27.6. The van der Waals surface area contributed by atoms with Gasteiger partial charge in [0.15, 0.2) is 0 Å². The molecule has 0 fully saturated rings. The lowest BCUT2D eigenvalue weighted by atomic mass is 10.2. The van der Waals surface area contributed by atoms with Crippen LogP contribution in [0.2, 0.25) is 5.15 Å². The van der Waals surface area contributed by atoms with Crippen molar-refractivity contribution in [1.82, 2.24) is 15.6 Å². The molecule has 2 amide bonds. The molecule has 0 saturated carbocycles. The molecule has 0 atom stereocenters. The molecule has 0 bridgehead atoms. The van der Waals surface area contributed by atoms with E-state index in [9.17, 15) is 9.59 Å². The second kappa shape index (κ2) is 8.46. The zero-order valence-electron chi connectivity index (χ0n) is 12.5. The first-order valence-corrected chi connectivity index (χ1v) is 7.29. The summed E-state index contributed by atoms with van der Waals surface area (Å²) in [7, 11) is 0. The van der Waals surface area contributed by atoms with Crippen LogP contribution in [-0.2, 0) is 4.79 Å². The lowest BCUT2D eigenvalue weighted by molar-refractivity contribution is -0.120. The fourth-order valence-electron chi connectivity index (χ4n) is 1.61. The summed E-state index contributed by atoms with van der Waals surface area (Å²) in [6.07, 6.45) is 0.936. The monoisotopic (exact) mass is 312 g/mol. The van der Waals surface area contributed by atoms with Gasteiger partial charge >= 0.3 is 0 Å². The first-order chi connectivity index (χ1) is 9.92. The highest BCUT2D eigenvalue weighted by molar-refractivity contribution is 6.29. The number of carbonyl (C=O) groups is 2. The molecule has 0 saturated heterocycles. The third-order valence-electron chi connectivity index (χ3n) is 2.47. The van der Waals surface area contributed by atoms with Crippen LogP contribution in [0.4, 0.5) is 5.82 Å². The highest BCUT2D eigenvalue weighted by Gasteiger charge is 2.11. The number of rotatable bonds is 7. The Hall–Kier alpha value is -1.82. The number of carbonyl (C=O) groups excluding carboxylic acids is 2. The summed E-state index contributed by atoms with van der Waals surface area (Å²) < 4.78 is 0. The predicted molar refractivity (Wildman–Crippen MR) is 83.6 cm³/mol. The molecule has 3 N–H and O–H groups in total. The van der Waals surface area contributed by atoms with Crippen LogP contribution in [0.1, 0.15) is 37.6 Å². The molecule has 1 aromatic rings. The topological polar surface area (TPSA) is 83.1 Å². The van der Waals surface area contributed by atoms with Gasteiger partial charge in [0.05, 0.1) is 6.54 Å². The summed E-state index contributed by atoms with van der Waals surface area (Å²) in [6, 6.07) is 3.11. The Morgan fingerprint density at radius 1 is 1.33 bits per heavy atom. The number of nitrogens with zero attached hydrogens (tertiary/aromatic N) is 1. The van der Waals surface area contributed by atoms with Crippen molar-refractivity contribution >= 4 is 29.2 Å². The van der Waals surface area contributed by atoms with Gasteiger partial charge < -0.3 is 16.0 Å². The first kappa shape index (κ1) is 17.2. The standard InChI is InChI=1S/C14H21ClN4O2/c1-4-5-16-12-7-10(6-11(15)19-12)14(21)17-8-13(20)18-9(2)3/h6-7,9H,4-5,8H2,1-3H3,(H,16,19)(H,17,21)(H,18,20). The SMILES string of the molecule is CCCNc1cc(C(=O)NCC(=O)NC(C)C)cc(Cl)n1. The van der Waals surface area contributed by atoms with Crippen molar-refractivity contribution in [2.45, 2.75) is 33.2 Å². The van der Waals surface area contributed by atoms with Crippen molar-refractivity contribution in [1.29, 1.82) is 0 Å². The molecule has 0 aliphatic carbocycles. The van der Waals surface area contributed by atoms with Gasteiger partial charge in [0.1, 0.15) is 11.0 Å². The van der Waals surface area contributed by atoms with Gasteiger partial charge in [0, 0.05) is 18.2 Å². The summed E-state index contributed by atoms with van der Waals surface area (Å²) >= 11 is 5.89. The number of halogens is 1. The van der Waals surface area contributed by atoms with Crippen LogP contribution in [0.15, 0.2) is 12.1 Å². The van der Waals surface area contributed by atoms with E-state index in [2.05, 4.69) is 20.9 Å². The number of hydrogen-bond donors (Lipinski definition) is 3. The lowest BCUT2D eigenvalue weighted by Gasteiger charge is -2.10. The van der Waals surface area contributed by atoms with Crippen molar-refractivity contribution in [3.05, 3.63) is 22.8 Å². The van der Waals surface area contributed by atoms with Gasteiger partial charge in [-0.1, -0.05) is 18.5 Å². The number of hydrogen-bond acceptors (Lipinski definition) is 4. The van der Waals surface area contributed by atoms with Gasteiger partial charge in [-0.3, -0.25) is 9.59 Å². The molecule has 0 aliphatic rings. The molecular formula is C14H21ClN4O2. The van der Waals surface area contributed by atoms with Crippen LogP contribution in [0.5, 0.6) is 0 Å². The van der Waals surface area contributed by atoms with Gasteiger partial charge in [0.25, 0.3) is 5.91 Å². The largest absolute Gasteiger partial charge is 0.370 e. The quantitative estimate of drug-likeness (QED) is 0.671. The number of nitrogens with one attached hydrogen (secondary N) is 3. The van der Waals surface area contributed by atoms with Crippen molar-refractivity contribution < 1.29 is 9.59 Å². The third-order valence-corrected chi connectivity index (χ3v) is 2.67. The molecule has 21 heavy (non-hydrogen) atoms. The zero-order chi connectivity index (χ0) is 15.8. The molecule has 1 rings (SSSR count). The fraction of sp³-hybridized carbons (Fsp3) is 0.500. The minimum Gasteiger partial charge on any atom is -0.370 e. The Morgan fingerprint density at radius 3 is 2.67 bits per heavy atom. The molecule has 0 aromatic carbocycles. The maximum Gasteiger partial charge on any atom is 0.251 e. The highest BCUT2D eigenvalue weighted by Crippen LogP contribution is 2.14. The van der Waals surface area contributed by atoms with Crippen LogP contribution >= 0.6 is 11.6 Å². The summed E-state index contributed by atoms with van der Waals surface area (Å²) in [5.41, 5.74) is 0.367. The Kier molecular flexibility index (Phi) is 6.94. The van der Waals surface area contributed by atoms with Crippen molar-refractivity contribution in [2.24, 2.45) is 0 Å². The van der Waals surface area contributed by atoms with Crippen LogP contribution in [0.25, 0.3) is 0 Å². The summed E-state index contributed by atoms with van der Waals surface area (Å²) in [5, 5.41) is 8.54. The second-order valence-electron chi connectivity index (χ2n) is 4.90. The molecule has 0 radical (unpaired) electrons. The molecule has 0 spiro atoms.